The molecule has 1 aromatic heterocycles. The fraction of sp³-hybridized carbons (Fsp3) is 0.714. The van der Waals surface area contributed by atoms with Gasteiger partial charge in [-0.1, -0.05) is 39.3 Å². The van der Waals surface area contributed by atoms with Gasteiger partial charge in [-0.2, -0.15) is 0 Å². The highest BCUT2D eigenvalue weighted by atomic mass is 35.5. The molecule has 1 aliphatic rings. The van der Waals surface area contributed by atoms with Crippen molar-refractivity contribution in [3.8, 4) is 0 Å². The predicted molar refractivity (Wildman–Crippen MR) is 76.6 cm³/mol. The van der Waals surface area contributed by atoms with E-state index in [9.17, 15) is 0 Å². The van der Waals surface area contributed by atoms with E-state index >= 15 is 0 Å². The fourth-order valence-corrected chi connectivity index (χ4v) is 5.36. The van der Waals surface area contributed by atoms with Gasteiger partial charge in [-0.3, -0.25) is 0 Å². The Morgan fingerprint density at radius 2 is 1.65 bits per heavy atom. The average Bonchev–Trinajstić information content (AvgIpc) is 2.44. The van der Waals surface area contributed by atoms with Crippen LogP contribution < -0.4 is 5.73 Å². The number of hydrogen-bond donors (Lipinski definition) is 1. The van der Waals surface area contributed by atoms with Gasteiger partial charge in [-0.15, -0.1) is 11.3 Å². The topological polar surface area (TPSA) is 26.0 Å². The molecule has 0 aromatic carbocycles. The minimum Gasteiger partial charge on any atom is -0.321 e. The van der Waals surface area contributed by atoms with E-state index in [-0.39, 0.29) is 16.4 Å². The highest BCUT2D eigenvalue weighted by Crippen LogP contribution is 2.54. The van der Waals surface area contributed by atoms with Crippen LogP contribution in [0.1, 0.15) is 51.8 Å². The molecular formula is C14H22ClNS. The van der Waals surface area contributed by atoms with E-state index in [1.54, 1.807) is 11.3 Å². The van der Waals surface area contributed by atoms with Crippen LogP contribution >= 0.6 is 22.9 Å². The van der Waals surface area contributed by atoms with Crippen molar-refractivity contribution >= 4 is 22.9 Å². The molecule has 1 nitrogen and oxygen atoms in total. The second-order valence-electron chi connectivity index (χ2n) is 7.11. The summed E-state index contributed by atoms with van der Waals surface area (Å²) in [4.78, 5) is 1.17. The Morgan fingerprint density at radius 1 is 1.12 bits per heavy atom. The van der Waals surface area contributed by atoms with Gasteiger partial charge in [0.1, 0.15) is 0 Å². The molecule has 1 heterocycles. The van der Waals surface area contributed by atoms with Gasteiger partial charge in [0.25, 0.3) is 0 Å². The summed E-state index contributed by atoms with van der Waals surface area (Å²) in [5.41, 5.74) is 7.01. The van der Waals surface area contributed by atoms with Crippen molar-refractivity contribution in [3.63, 3.8) is 0 Å². The Bertz CT molecular complexity index is 404. The first-order valence-corrected chi connectivity index (χ1v) is 7.42. The van der Waals surface area contributed by atoms with Crippen molar-refractivity contribution < 1.29 is 0 Å². The maximum atomic E-state index is 6.70. The number of rotatable bonds is 1. The zero-order valence-corrected chi connectivity index (χ0v) is 12.7. The van der Waals surface area contributed by atoms with E-state index in [1.165, 1.54) is 11.3 Å². The van der Waals surface area contributed by atoms with E-state index in [0.29, 0.717) is 0 Å². The highest BCUT2D eigenvalue weighted by Gasteiger charge is 2.47. The highest BCUT2D eigenvalue weighted by molar-refractivity contribution is 7.10. The minimum atomic E-state index is -0.253. The van der Waals surface area contributed by atoms with E-state index in [2.05, 4.69) is 27.7 Å². The van der Waals surface area contributed by atoms with Crippen LogP contribution in [0.15, 0.2) is 11.4 Å². The molecule has 0 atom stereocenters. The van der Waals surface area contributed by atoms with Crippen LogP contribution in [-0.4, -0.2) is 0 Å². The lowest BCUT2D eigenvalue weighted by Gasteiger charge is -2.50. The molecule has 0 bridgehead atoms. The zero-order valence-electron chi connectivity index (χ0n) is 11.1. The van der Waals surface area contributed by atoms with Gasteiger partial charge >= 0.3 is 0 Å². The first kappa shape index (κ1) is 13.4. The molecule has 1 fully saturated rings. The molecule has 17 heavy (non-hydrogen) atoms. The smallest absolute Gasteiger partial charge is 0.0564 e. The minimum absolute atomic E-state index is 0.253. The predicted octanol–water partition coefficient (Wildman–Crippen LogP) is 4.79. The molecule has 3 heteroatoms. The fourth-order valence-electron chi connectivity index (χ4n) is 4.00. The summed E-state index contributed by atoms with van der Waals surface area (Å²) < 4.78 is 0. The Morgan fingerprint density at radius 3 is 2.06 bits per heavy atom. The number of nitrogens with two attached hydrogens (primary N) is 1. The van der Waals surface area contributed by atoms with E-state index in [1.807, 2.05) is 11.4 Å². The molecule has 1 aromatic rings. The van der Waals surface area contributed by atoms with Crippen LogP contribution in [0.5, 0.6) is 0 Å². The monoisotopic (exact) mass is 271 g/mol. The van der Waals surface area contributed by atoms with Crippen LogP contribution in [-0.2, 0) is 5.54 Å². The molecule has 0 radical (unpaired) electrons. The third-order valence-corrected chi connectivity index (χ3v) is 5.18. The molecule has 0 spiro atoms. The van der Waals surface area contributed by atoms with Crippen LogP contribution in [0, 0.1) is 10.8 Å². The molecule has 0 amide bonds. The molecule has 2 N–H and O–H groups in total. The van der Waals surface area contributed by atoms with Crippen molar-refractivity contribution in [2.75, 3.05) is 0 Å². The van der Waals surface area contributed by atoms with Crippen LogP contribution in [0.25, 0.3) is 0 Å². The van der Waals surface area contributed by atoms with Gasteiger partial charge in [0.2, 0.25) is 0 Å². The van der Waals surface area contributed by atoms with Gasteiger partial charge in [-0.05, 0) is 41.5 Å². The summed E-state index contributed by atoms with van der Waals surface area (Å²) in [6.07, 6.45) is 3.26. The Labute approximate surface area is 113 Å². The Kier molecular flexibility index (Phi) is 3.13. The molecule has 0 saturated heterocycles. The Hall–Kier alpha value is -0.0500. The van der Waals surface area contributed by atoms with Crippen LogP contribution in [0.4, 0.5) is 0 Å². The van der Waals surface area contributed by atoms with Crippen molar-refractivity contribution in [2.45, 2.75) is 52.5 Å². The van der Waals surface area contributed by atoms with Gasteiger partial charge in [0, 0.05) is 4.88 Å². The third kappa shape index (κ3) is 2.69. The first-order chi connectivity index (χ1) is 7.64. The van der Waals surface area contributed by atoms with Crippen molar-refractivity contribution in [3.05, 3.63) is 21.3 Å². The number of halogens is 1. The maximum absolute atomic E-state index is 6.70. The van der Waals surface area contributed by atoms with E-state index in [0.717, 1.165) is 17.9 Å². The van der Waals surface area contributed by atoms with Gasteiger partial charge < -0.3 is 5.73 Å². The van der Waals surface area contributed by atoms with Crippen LogP contribution in [0.2, 0.25) is 5.02 Å². The lowest BCUT2D eigenvalue weighted by atomic mass is 9.58. The van der Waals surface area contributed by atoms with Crippen molar-refractivity contribution in [2.24, 2.45) is 16.6 Å². The summed E-state index contributed by atoms with van der Waals surface area (Å²) in [5.74, 6) is 0. The SMILES string of the molecule is CC1(C)CC(C)(C)CC(N)(c2sccc2Cl)C1. The van der Waals surface area contributed by atoms with E-state index in [4.69, 9.17) is 17.3 Å². The normalized spacial score (nSPS) is 25.8. The van der Waals surface area contributed by atoms with Crippen LogP contribution in [0.3, 0.4) is 0 Å². The third-order valence-electron chi connectivity index (χ3n) is 3.61. The maximum Gasteiger partial charge on any atom is 0.0564 e. The Balaban J connectivity index is 2.41. The molecule has 0 aliphatic heterocycles. The largest absolute Gasteiger partial charge is 0.321 e. The van der Waals surface area contributed by atoms with E-state index < -0.39 is 0 Å². The number of thiophene rings is 1. The molecule has 1 saturated carbocycles. The quantitative estimate of drug-likeness (QED) is 0.781. The average molecular weight is 272 g/mol. The summed E-state index contributed by atoms with van der Waals surface area (Å²) >= 11 is 7.98. The lowest BCUT2D eigenvalue weighted by molar-refractivity contribution is 0.0488. The lowest BCUT2D eigenvalue weighted by Crippen LogP contribution is -2.49. The van der Waals surface area contributed by atoms with Crippen molar-refractivity contribution in [1.82, 2.24) is 0 Å². The molecule has 0 unspecified atom stereocenters. The summed E-state index contributed by atoms with van der Waals surface area (Å²) in [7, 11) is 0. The van der Waals surface area contributed by atoms with Gasteiger partial charge in [0.05, 0.1) is 10.6 Å². The second-order valence-corrected chi connectivity index (χ2v) is 8.44. The molecular weight excluding hydrogens is 250 g/mol. The molecule has 96 valence electrons. The first-order valence-electron chi connectivity index (χ1n) is 6.16. The summed E-state index contributed by atoms with van der Waals surface area (Å²) in [5, 5.41) is 2.88. The molecule has 2 rings (SSSR count). The molecule has 1 aliphatic carbocycles. The van der Waals surface area contributed by atoms with Gasteiger partial charge in [0.15, 0.2) is 0 Å². The number of hydrogen-bond acceptors (Lipinski definition) is 2. The second kappa shape index (κ2) is 3.97. The zero-order chi connectivity index (χ0) is 12.9. The van der Waals surface area contributed by atoms with Gasteiger partial charge in [-0.25, -0.2) is 0 Å². The van der Waals surface area contributed by atoms with Crippen molar-refractivity contribution in [1.29, 1.82) is 0 Å². The summed E-state index contributed by atoms with van der Waals surface area (Å²) in [6, 6.07) is 1.96. The standard InChI is InChI=1S/C14H22ClNS/c1-12(2)7-13(3,4)9-14(16,8-12)11-10(15)5-6-17-11/h5-6H,7-9,16H2,1-4H3. The summed E-state index contributed by atoms with van der Waals surface area (Å²) in [6.45, 7) is 9.27.